The van der Waals surface area contributed by atoms with Crippen molar-refractivity contribution in [1.82, 2.24) is 4.98 Å². The van der Waals surface area contributed by atoms with Crippen LogP contribution in [0.3, 0.4) is 0 Å². The Bertz CT molecular complexity index is 423. The Morgan fingerprint density at radius 1 is 1.53 bits per heavy atom. The van der Waals surface area contributed by atoms with Crippen molar-refractivity contribution in [2.75, 3.05) is 6.26 Å². The lowest BCUT2D eigenvalue weighted by atomic mass is 10.2. The zero-order chi connectivity index (χ0) is 11.6. The maximum absolute atomic E-state index is 11.3. The molecule has 0 amide bonds. The van der Waals surface area contributed by atoms with E-state index in [2.05, 4.69) is 4.98 Å². The van der Waals surface area contributed by atoms with Gasteiger partial charge >= 0.3 is 0 Å². The summed E-state index contributed by atoms with van der Waals surface area (Å²) in [7, 11) is -3.05. The van der Waals surface area contributed by atoms with E-state index in [9.17, 15) is 8.42 Å². The third kappa shape index (κ3) is 3.55. The number of thiazole rings is 1. The van der Waals surface area contributed by atoms with Gasteiger partial charge < -0.3 is 5.73 Å². The summed E-state index contributed by atoms with van der Waals surface area (Å²) in [6, 6.07) is 0.0495. The van der Waals surface area contributed by atoms with Crippen molar-refractivity contribution in [3.8, 4) is 0 Å². The van der Waals surface area contributed by atoms with Crippen molar-refractivity contribution < 1.29 is 8.42 Å². The van der Waals surface area contributed by atoms with Gasteiger partial charge in [0.25, 0.3) is 0 Å². The van der Waals surface area contributed by atoms with E-state index in [-0.39, 0.29) is 6.04 Å². The monoisotopic (exact) mass is 248 g/mol. The first-order chi connectivity index (χ1) is 6.80. The van der Waals surface area contributed by atoms with Crippen LogP contribution in [0.5, 0.6) is 0 Å². The lowest BCUT2D eigenvalue weighted by molar-refractivity contribution is 0.592. The molecule has 6 heteroatoms. The third-order valence-electron chi connectivity index (χ3n) is 2.09. The van der Waals surface area contributed by atoms with E-state index in [4.69, 9.17) is 5.73 Å². The highest BCUT2D eigenvalue weighted by Crippen LogP contribution is 2.24. The van der Waals surface area contributed by atoms with E-state index in [1.54, 1.807) is 6.92 Å². The molecule has 0 aliphatic carbocycles. The van der Waals surface area contributed by atoms with Gasteiger partial charge in [-0.1, -0.05) is 0 Å². The molecular weight excluding hydrogens is 232 g/mol. The van der Waals surface area contributed by atoms with Gasteiger partial charge in [-0.15, -0.1) is 11.3 Å². The molecule has 1 aromatic heterocycles. The molecule has 0 aromatic carbocycles. The van der Waals surface area contributed by atoms with Crippen LogP contribution in [0, 0.1) is 0 Å². The zero-order valence-corrected chi connectivity index (χ0v) is 10.7. The van der Waals surface area contributed by atoms with Crippen LogP contribution in [0.1, 0.15) is 29.8 Å². The Hall–Kier alpha value is -0.460. The number of rotatable bonds is 4. The second-order valence-electron chi connectivity index (χ2n) is 3.83. The summed E-state index contributed by atoms with van der Waals surface area (Å²) in [6.07, 6.45) is 1.91. The van der Waals surface area contributed by atoms with Gasteiger partial charge in [0.2, 0.25) is 0 Å². The van der Waals surface area contributed by atoms with Crippen LogP contribution >= 0.6 is 11.3 Å². The largest absolute Gasteiger partial charge is 0.328 e. The SMILES string of the molecule is CC(N)Cc1csc(C(C)S(C)(=O)=O)n1. The smallest absolute Gasteiger partial charge is 0.156 e. The Kier molecular flexibility index (Phi) is 3.86. The van der Waals surface area contributed by atoms with Crippen molar-refractivity contribution >= 4 is 21.2 Å². The first-order valence-corrected chi connectivity index (χ1v) is 7.53. The Balaban J connectivity index is 2.85. The number of hydrogen-bond acceptors (Lipinski definition) is 5. The van der Waals surface area contributed by atoms with Crippen LogP contribution in [0.25, 0.3) is 0 Å². The molecule has 1 rings (SSSR count). The summed E-state index contributed by atoms with van der Waals surface area (Å²) in [6.45, 7) is 3.56. The van der Waals surface area contributed by atoms with Gasteiger partial charge in [-0.3, -0.25) is 0 Å². The van der Waals surface area contributed by atoms with E-state index in [0.717, 1.165) is 5.69 Å². The maximum Gasteiger partial charge on any atom is 0.156 e. The van der Waals surface area contributed by atoms with Gasteiger partial charge in [0.1, 0.15) is 10.3 Å². The fraction of sp³-hybridized carbons (Fsp3) is 0.667. The molecule has 15 heavy (non-hydrogen) atoms. The van der Waals surface area contributed by atoms with Gasteiger partial charge in [-0.2, -0.15) is 0 Å². The Morgan fingerprint density at radius 2 is 2.13 bits per heavy atom. The minimum Gasteiger partial charge on any atom is -0.328 e. The zero-order valence-electron chi connectivity index (χ0n) is 9.10. The second kappa shape index (κ2) is 4.59. The van der Waals surface area contributed by atoms with Crippen molar-refractivity contribution in [2.45, 2.75) is 31.6 Å². The molecule has 0 radical (unpaired) electrons. The molecule has 4 nitrogen and oxygen atoms in total. The highest BCUT2D eigenvalue weighted by molar-refractivity contribution is 7.91. The van der Waals surface area contributed by atoms with Crippen LogP contribution in [-0.2, 0) is 16.3 Å². The third-order valence-corrected chi connectivity index (χ3v) is 4.82. The summed E-state index contributed by atoms with van der Waals surface area (Å²) in [5, 5.41) is 2.00. The molecule has 2 unspecified atom stereocenters. The van der Waals surface area contributed by atoms with Crippen molar-refractivity contribution in [3.63, 3.8) is 0 Å². The highest BCUT2D eigenvalue weighted by atomic mass is 32.2. The molecule has 1 heterocycles. The lowest BCUT2D eigenvalue weighted by Gasteiger charge is -2.04. The molecule has 86 valence electrons. The quantitative estimate of drug-likeness (QED) is 0.867. The standard InChI is InChI=1S/C9H16N2O2S2/c1-6(10)4-8-5-14-9(11-8)7(2)15(3,12)13/h5-7H,4,10H2,1-3H3. The van der Waals surface area contributed by atoms with Gasteiger partial charge in [0.15, 0.2) is 9.84 Å². The van der Waals surface area contributed by atoms with Crippen molar-refractivity contribution in [3.05, 3.63) is 16.1 Å². The van der Waals surface area contributed by atoms with Crippen LogP contribution in [0.4, 0.5) is 0 Å². The van der Waals surface area contributed by atoms with E-state index < -0.39 is 15.1 Å². The number of nitrogens with two attached hydrogens (primary N) is 1. The van der Waals surface area contributed by atoms with Crippen LogP contribution in [0.15, 0.2) is 5.38 Å². The van der Waals surface area contributed by atoms with Crippen LogP contribution in [0.2, 0.25) is 0 Å². The number of sulfone groups is 1. The number of aromatic nitrogens is 1. The predicted octanol–water partition coefficient (Wildman–Crippen LogP) is 1.14. The average molecular weight is 248 g/mol. The molecule has 0 bridgehead atoms. The highest BCUT2D eigenvalue weighted by Gasteiger charge is 2.20. The number of hydrogen-bond donors (Lipinski definition) is 1. The fourth-order valence-electron chi connectivity index (χ4n) is 1.12. The van der Waals surface area contributed by atoms with Crippen molar-refractivity contribution in [1.29, 1.82) is 0 Å². The average Bonchev–Trinajstić information content (AvgIpc) is 2.48. The molecule has 0 aliphatic heterocycles. The summed E-state index contributed by atoms with van der Waals surface area (Å²) < 4.78 is 22.6. The summed E-state index contributed by atoms with van der Waals surface area (Å²) >= 11 is 1.38. The summed E-state index contributed by atoms with van der Waals surface area (Å²) in [4.78, 5) is 4.28. The van der Waals surface area contributed by atoms with Gasteiger partial charge in [-0.05, 0) is 13.8 Å². The van der Waals surface area contributed by atoms with E-state index in [0.29, 0.717) is 11.4 Å². The van der Waals surface area contributed by atoms with E-state index >= 15 is 0 Å². The Morgan fingerprint density at radius 3 is 2.60 bits per heavy atom. The molecule has 1 aromatic rings. The molecule has 0 fully saturated rings. The Labute approximate surface area is 94.4 Å². The van der Waals surface area contributed by atoms with E-state index in [1.807, 2.05) is 12.3 Å². The van der Waals surface area contributed by atoms with Crippen LogP contribution < -0.4 is 5.73 Å². The molecule has 0 aliphatic rings. The lowest BCUT2D eigenvalue weighted by Crippen LogP contribution is -2.18. The minimum atomic E-state index is -3.05. The molecule has 2 atom stereocenters. The second-order valence-corrected chi connectivity index (χ2v) is 7.09. The normalized spacial score (nSPS) is 16.3. The van der Waals surface area contributed by atoms with E-state index in [1.165, 1.54) is 17.6 Å². The first kappa shape index (κ1) is 12.6. The van der Waals surface area contributed by atoms with Crippen molar-refractivity contribution in [2.24, 2.45) is 5.73 Å². The first-order valence-electron chi connectivity index (χ1n) is 4.69. The van der Waals surface area contributed by atoms with Gasteiger partial charge in [-0.25, -0.2) is 13.4 Å². The summed E-state index contributed by atoms with van der Waals surface area (Å²) in [5.74, 6) is 0. The molecule has 0 saturated carbocycles. The maximum atomic E-state index is 11.3. The number of nitrogens with zero attached hydrogens (tertiary/aromatic N) is 1. The topological polar surface area (TPSA) is 73.1 Å². The molecule has 0 saturated heterocycles. The summed E-state index contributed by atoms with van der Waals surface area (Å²) in [5.41, 5.74) is 6.52. The molecule has 2 N–H and O–H groups in total. The van der Waals surface area contributed by atoms with Gasteiger partial charge in [0, 0.05) is 24.1 Å². The minimum absolute atomic E-state index is 0.0495. The van der Waals surface area contributed by atoms with Crippen LogP contribution in [-0.4, -0.2) is 25.7 Å². The molecular formula is C9H16N2O2S2. The fourth-order valence-corrected chi connectivity index (χ4v) is 2.99. The van der Waals surface area contributed by atoms with Gasteiger partial charge in [0.05, 0.1) is 5.69 Å². The predicted molar refractivity (Wildman–Crippen MR) is 62.7 cm³/mol. The molecule has 0 spiro atoms.